The Morgan fingerprint density at radius 1 is 1.30 bits per heavy atom. The van der Waals surface area contributed by atoms with Crippen molar-refractivity contribution in [1.82, 2.24) is 15.2 Å². The molecule has 0 spiro atoms. The van der Waals surface area contributed by atoms with Crippen molar-refractivity contribution in [2.75, 3.05) is 5.32 Å². The van der Waals surface area contributed by atoms with Crippen molar-refractivity contribution < 1.29 is 14.4 Å². The van der Waals surface area contributed by atoms with Gasteiger partial charge < -0.3 is 16.0 Å². The number of carbonyl (C=O) groups excluding carboxylic acids is 3. The topological polar surface area (TPSA) is 117 Å². The molecule has 1 aliphatic carbocycles. The minimum Gasteiger partial charge on any atom is -0.357 e. The zero-order valence-corrected chi connectivity index (χ0v) is 17.3. The summed E-state index contributed by atoms with van der Waals surface area (Å²) in [6.07, 6.45) is 3.70. The molecule has 1 aromatic heterocycles. The standard InChI is InChI=1S/C21H23N5O3S/c22-21(7-2-8-21)16-11-30-20(24-16)23-9-12-3-1-4-13-14(12)10-26(19(13)29)15-5-6-17(27)25-18(15)28/h1,3-4,11,15H,2,5-10,22H2,(H,23,24)(H,25,27,28). The monoisotopic (exact) mass is 425 g/mol. The molecule has 1 saturated heterocycles. The Bertz CT molecular complexity index is 1050. The van der Waals surface area contributed by atoms with Gasteiger partial charge >= 0.3 is 0 Å². The normalized spacial score (nSPS) is 22.5. The molecule has 8 nitrogen and oxygen atoms in total. The van der Waals surface area contributed by atoms with E-state index in [1.807, 2.05) is 17.5 Å². The molecule has 4 N–H and O–H groups in total. The third-order valence-electron chi connectivity index (χ3n) is 6.37. The Morgan fingerprint density at radius 2 is 2.13 bits per heavy atom. The van der Waals surface area contributed by atoms with Gasteiger partial charge in [-0.25, -0.2) is 4.98 Å². The van der Waals surface area contributed by atoms with Crippen LogP contribution in [0, 0.1) is 0 Å². The van der Waals surface area contributed by atoms with Crippen LogP contribution in [0.25, 0.3) is 0 Å². The van der Waals surface area contributed by atoms with Crippen molar-refractivity contribution in [1.29, 1.82) is 0 Å². The van der Waals surface area contributed by atoms with Crippen LogP contribution >= 0.6 is 11.3 Å². The fourth-order valence-corrected chi connectivity index (χ4v) is 5.20. The van der Waals surface area contributed by atoms with Gasteiger partial charge in [-0.05, 0) is 42.9 Å². The number of anilines is 1. The Labute approximate surface area is 177 Å². The highest BCUT2D eigenvalue weighted by Crippen LogP contribution is 2.39. The maximum absolute atomic E-state index is 12.9. The van der Waals surface area contributed by atoms with Crippen LogP contribution in [0.1, 0.15) is 59.3 Å². The van der Waals surface area contributed by atoms with Gasteiger partial charge in [0.1, 0.15) is 6.04 Å². The Morgan fingerprint density at radius 3 is 2.87 bits per heavy atom. The summed E-state index contributed by atoms with van der Waals surface area (Å²) < 4.78 is 0. The maximum atomic E-state index is 12.9. The van der Waals surface area contributed by atoms with Crippen molar-refractivity contribution in [3.8, 4) is 0 Å². The first-order valence-corrected chi connectivity index (χ1v) is 11.1. The van der Waals surface area contributed by atoms with E-state index in [0.717, 1.165) is 41.2 Å². The number of nitrogens with zero attached hydrogens (tertiary/aromatic N) is 2. The van der Waals surface area contributed by atoms with Gasteiger partial charge in [0.2, 0.25) is 11.8 Å². The van der Waals surface area contributed by atoms with E-state index in [2.05, 4.69) is 15.6 Å². The largest absolute Gasteiger partial charge is 0.357 e. The van der Waals surface area contributed by atoms with E-state index in [4.69, 9.17) is 5.73 Å². The fourth-order valence-electron chi connectivity index (χ4n) is 4.38. The summed E-state index contributed by atoms with van der Waals surface area (Å²) in [6, 6.07) is 5.03. The molecule has 0 radical (unpaired) electrons. The molecule has 1 saturated carbocycles. The molecule has 30 heavy (non-hydrogen) atoms. The van der Waals surface area contributed by atoms with Gasteiger partial charge in [0.15, 0.2) is 5.13 Å². The molecule has 3 heterocycles. The van der Waals surface area contributed by atoms with Crippen LogP contribution in [0.4, 0.5) is 5.13 Å². The van der Waals surface area contributed by atoms with Gasteiger partial charge in [0.05, 0.1) is 11.2 Å². The number of rotatable bonds is 5. The molecule has 3 amide bonds. The van der Waals surface area contributed by atoms with E-state index < -0.39 is 11.9 Å². The van der Waals surface area contributed by atoms with Gasteiger partial charge in [0.25, 0.3) is 5.91 Å². The van der Waals surface area contributed by atoms with Crippen LogP contribution in [-0.2, 0) is 28.2 Å². The second-order valence-corrected chi connectivity index (χ2v) is 9.10. The van der Waals surface area contributed by atoms with Crippen molar-refractivity contribution in [3.05, 3.63) is 46.0 Å². The summed E-state index contributed by atoms with van der Waals surface area (Å²) in [5.41, 5.74) is 9.56. The Balaban J connectivity index is 1.31. The molecule has 3 aliphatic rings. The highest BCUT2D eigenvalue weighted by molar-refractivity contribution is 7.13. The summed E-state index contributed by atoms with van der Waals surface area (Å²) >= 11 is 1.54. The molecule has 2 fully saturated rings. The predicted molar refractivity (Wildman–Crippen MR) is 112 cm³/mol. The average molecular weight is 426 g/mol. The van der Waals surface area contributed by atoms with Crippen molar-refractivity contribution in [2.45, 2.75) is 56.8 Å². The zero-order valence-electron chi connectivity index (χ0n) is 16.4. The van der Waals surface area contributed by atoms with E-state index in [0.29, 0.717) is 25.1 Å². The van der Waals surface area contributed by atoms with Crippen LogP contribution in [0.3, 0.4) is 0 Å². The van der Waals surface area contributed by atoms with Gasteiger partial charge in [-0.2, -0.15) is 0 Å². The van der Waals surface area contributed by atoms with Crippen LogP contribution < -0.4 is 16.4 Å². The molecule has 156 valence electrons. The predicted octanol–water partition coefficient (Wildman–Crippen LogP) is 1.85. The molecule has 9 heteroatoms. The van der Waals surface area contributed by atoms with Crippen LogP contribution in [0.2, 0.25) is 0 Å². The number of aromatic nitrogens is 1. The smallest absolute Gasteiger partial charge is 0.255 e. The number of hydrogen-bond donors (Lipinski definition) is 3. The van der Waals surface area contributed by atoms with Gasteiger partial charge in [-0.3, -0.25) is 19.7 Å². The number of fused-ring (bicyclic) bond motifs is 1. The lowest BCUT2D eigenvalue weighted by molar-refractivity contribution is -0.136. The molecule has 2 aromatic rings. The number of hydrogen-bond acceptors (Lipinski definition) is 7. The minimum absolute atomic E-state index is 0.159. The van der Waals surface area contributed by atoms with Crippen molar-refractivity contribution in [3.63, 3.8) is 0 Å². The average Bonchev–Trinajstić information content (AvgIpc) is 3.30. The zero-order chi connectivity index (χ0) is 20.9. The minimum atomic E-state index is -0.604. The molecular formula is C21H23N5O3S. The van der Waals surface area contributed by atoms with Crippen LogP contribution in [0.15, 0.2) is 23.6 Å². The van der Waals surface area contributed by atoms with E-state index >= 15 is 0 Å². The van der Waals surface area contributed by atoms with Crippen LogP contribution in [0.5, 0.6) is 0 Å². The van der Waals surface area contributed by atoms with E-state index in [1.165, 1.54) is 11.3 Å². The van der Waals surface area contributed by atoms with Gasteiger partial charge in [0, 0.05) is 30.5 Å². The molecule has 1 atom stereocenters. The first kappa shape index (κ1) is 19.2. The summed E-state index contributed by atoms with van der Waals surface area (Å²) in [6.45, 7) is 0.900. The molecule has 2 aliphatic heterocycles. The van der Waals surface area contributed by atoms with Crippen molar-refractivity contribution >= 4 is 34.2 Å². The number of benzene rings is 1. The van der Waals surface area contributed by atoms with Gasteiger partial charge in [-0.1, -0.05) is 12.1 Å². The van der Waals surface area contributed by atoms with Gasteiger partial charge in [-0.15, -0.1) is 11.3 Å². The first-order valence-electron chi connectivity index (χ1n) is 10.2. The maximum Gasteiger partial charge on any atom is 0.255 e. The number of amides is 3. The lowest BCUT2D eigenvalue weighted by Gasteiger charge is -2.36. The first-order chi connectivity index (χ1) is 14.4. The lowest BCUT2D eigenvalue weighted by Crippen LogP contribution is -2.52. The van der Waals surface area contributed by atoms with E-state index in [1.54, 1.807) is 11.0 Å². The third-order valence-corrected chi connectivity index (χ3v) is 7.17. The summed E-state index contributed by atoms with van der Waals surface area (Å²) in [4.78, 5) is 42.8. The molecule has 1 unspecified atom stereocenters. The quantitative estimate of drug-likeness (QED) is 0.630. The van der Waals surface area contributed by atoms with E-state index in [-0.39, 0.29) is 23.8 Å². The highest BCUT2D eigenvalue weighted by atomic mass is 32.1. The summed E-state index contributed by atoms with van der Waals surface area (Å²) in [7, 11) is 0. The number of thiazole rings is 1. The van der Waals surface area contributed by atoms with E-state index in [9.17, 15) is 14.4 Å². The SMILES string of the molecule is NC1(c2csc(NCc3cccc4c3CN(C3CCC(=O)NC3=O)C4=O)n2)CCC1. The number of carbonyl (C=O) groups is 3. The molecule has 0 bridgehead atoms. The number of imide groups is 1. The number of nitrogens with one attached hydrogen (secondary N) is 2. The highest BCUT2D eigenvalue weighted by Gasteiger charge is 2.40. The fraction of sp³-hybridized carbons (Fsp3) is 0.429. The Hall–Kier alpha value is -2.78. The van der Waals surface area contributed by atoms with Crippen molar-refractivity contribution in [2.24, 2.45) is 5.73 Å². The number of piperidine rings is 1. The summed E-state index contributed by atoms with van der Waals surface area (Å²) in [5.74, 6) is -0.837. The van der Waals surface area contributed by atoms with Crippen LogP contribution in [-0.4, -0.2) is 33.6 Å². The lowest BCUT2D eigenvalue weighted by atomic mass is 9.76. The second-order valence-electron chi connectivity index (χ2n) is 8.24. The third kappa shape index (κ3) is 3.18. The number of nitrogens with two attached hydrogens (primary N) is 1. The molecule has 5 rings (SSSR count). The summed E-state index contributed by atoms with van der Waals surface area (Å²) in [5, 5.41) is 8.52. The second kappa shape index (κ2) is 7.17. The molecule has 1 aromatic carbocycles. The Kier molecular flexibility index (Phi) is 4.59. The molecular weight excluding hydrogens is 402 g/mol.